The number of nitrogens with zero attached hydrogens (tertiary/aromatic N) is 2. The third kappa shape index (κ3) is 2.01. The molecule has 0 saturated heterocycles. The van der Waals surface area contributed by atoms with Crippen molar-refractivity contribution in [3.8, 4) is 11.4 Å². The highest BCUT2D eigenvalue weighted by Gasteiger charge is 2.12. The Morgan fingerprint density at radius 3 is 2.81 bits per heavy atom. The van der Waals surface area contributed by atoms with Crippen molar-refractivity contribution in [3.63, 3.8) is 0 Å². The lowest BCUT2D eigenvalue weighted by Crippen LogP contribution is -1.91. The van der Waals surface area contributed by atoms with Gasteiger partial charge < -0.3 is 4.52 Å². The first kappa shape index (κ1) is 10.9. The van der Waals surface area contributed by atoms with Crippen molar-refractivity contribution in [1.29, 1.82) is 0 Å². The summed E-state index contributed by atoms with van der Waals surface area (Å²) in [5, 5.41) is 3.63. The highest BCUT2D eigenvalue weighted by Crippen LogP contribution is 2.23. The van der Waals surface area contributed by atoms with Crippen LogP contribution >= 0.6 is 15.9 Å². The Kier molecular flexibility index (Phi) is 2.82. The van der Waals surface area contributed by atoms with Gasteiger partial charge in [-0.05, 0) is 34.1 Å². The molecule has 16 heavy (non-hydrogen) atoms. The monoisotopic (exact) mass is 284 g/mol. The van der Waals surface area contributed by atoms with Gasteiger partial charge in [-0.2, -0.15) is 4.98 Å². The first-order valence-corrected chi connectivity index (χ1v) is 5.17. The molecule has 0 fully saturated rings. The standard InChI is InChI=1S/C10H6BrFN2O2/c1-5(15)10-13-9(14-16-10)6-2-3-8(12)7(11)4-6/h2-4H,1H3. The molecule has 0 saturated carbocycles. The van der Waals surface area contributed by atoms with Gasteiger partial charge in [0.1, 0.15) is 5.82 Å². The molecule has 82 valence electrons. The van der Waals surface area contributed by atoms with Crippen molar-refractivity contribution in [2.45, 2.75) is 6.92 Å². The summed E-state index contributed by atoms with van der Waals surface area (Å²) in [7, 11) is 0. The van der Waals surface area contributed by atoms with Crippen LogP contribution in [-0.4, -0.2) is 15.9 Å². The minimum Gasteiger partial charge on any atom is -0.330 e. The van der Waals surface area contributed by atoms with Gasteiger partial charge in [0.2, 0.25) is 11.6 Å². The maximum atomic E-state index is 13.0. The molecular formula is C10H6BrFN2O2. The molecule has 0 amide bonds. The van der Waals surface area contributed by atoms with Crippen molar-refractivity contribution < 1.29 is 13.7 Å². The van der Waals surface area contributed by atoms with Crippen LogP contribution in [0.25, 0.3) is 11.4 Å². The summed E-state index contributed by atoms with van der Waals surface area (Å²) in [5.74, 6) is -0.486. The molecule has 2 aromatic rings. The van der Waals surface area contributed by atoms with Crippen molar-refractivity contribution in [2.24, 2.45) is 0 Å². The SMILES string of the molecule is CC(=O)c1nc(-c2ccc(F)c(Br)c2)no1. The Morgan fingerprint density at radius 2 is 2.25 bits per heavy atom. The average Bonchev–Trinajstić information content (AvgIpc) is 2.71. The minimum absolute atomic E-state index is 0.0598. The Morgan fingerprint density at radius 1 is 1.50 bits per heavy atom. The molecule has 0 aliphatic rings. The lowest BCUT2D eigenvalue weighted by molar-refractivity contribution is 0.0972. The van der Waals surface area contributed by atoms with E-state index in [1.165, 1.54) is 25.1 Å². The zero-order chi connectivity index (χ0) is 11.7. The molecule has 4 nitrogen and oxygen atoms in total. The number of halogens is 2. The van der Waals surface area contributed by atoms with Gasteiger partial charge in [-0.3, -0.25) is 4.79 Å². The van der Waals surface area contributed by atoms with Crippen LogP contribution in [0.2, 0.25) is 0 Å². The summed E-state index contributed by atoms with van der Waals surface area (Å²) in [4.78, 5) is 14.8. The third-order valence-corrected chi connectivity index (χ3v) is 2.51. The van der Waals surface area contributed by atoms with Crippen LogP contribution in [0.15, 0.2) is 27.2 Å². The van der Waals surface area contributed by atoms with E-state index in [9.17, 15) is 9.18 Å². The Bertz CT molecular complexity index is 554. The van der Waals surface area contributed by atoms with Crippen molar-refractivity contribution in [1.82, 2.24) is 10.1 Å². The smallest absolute Gasteiger partial charge is 0.294 e. The van der Waals surface area contributed by atoms with Gasteiger partial charge in [0.05, 0.1) is 4.47 Å². The fraction of sp³-hybridized carbons (Fsp3) is 0.100. The fourth-order valence-electron chi connectivity index (χ4n) is 1.12. The van der Waals surface area contributed by atoms with Crippen LogP contribution in [0, 0.1) is 5.82 Å². The maximum absolute atomic E-state index is 13.0. The molecular weight excluding hydrogens is 279 g/mol. The normalized spacial score (nSPS) is 10.4. The van der Waals surface area contributed by atoms with Crippen LogP contribution in [-0.2, 0) is 0 Å². The van der Waals surface area contributed by atoms with Crippen LogP contribution in [0.5, 0.6) is 0 Å². The first-order valence-electron chi connectivity index (χ1n) is 4.38. The lowest BCUT2D eigenvalue weighted by Gasteiger charge is -1.96. The molecule has 0 spiro atoms. The van der Waals surface area contributed by atoms with Crippen molar-refractivity contribution >= 4 is 21.7 Å². The second kappa shape index (κ2) is 4.13. The number of benzene rings is 1. The summed E-state index contributed by atoms with van der Waals surface area (Å²) in [6, 6.07) is 4.31. The number of carbonyl (C=O) groups excluding carboxylic acids is 1. The molecule has 0 N–H and O–H groups in total. The molecule has 6 heteroatoms. The van der Waals surface area contributed by atoms with E-state index in [0.29, 0.717) is 10.0 Å². The number of ketones is 1. The quantitative estimate of drug-likeness (QED) is 0.796. The van der Waals surface area contributed by atoms with Crippen molar-refractivity contribution in [3.05, 3.63) is 34.4 Å². The molecule has 0 bridgehead atoms. The largest absolute Gasteiger partial charge is 0.330 e. The van der Waals surface area contributed by atoms with Gasteiger partial charge in [-0.1, -0.05) is 5.16 Å². The van der Waals surface area contributed by atoms with Gasteiger partial charge >= 0.3 is 0 Å². The summed E-state index contributed by atoms with van der Waals surface area (Å²) in [5.41, 5.74) is 0.574. The molecule has 0 unspecified atom stereocenters. The lowest BCUT2D eigenvalue weighted by atomic mass is 10.2. The second-order valence-electron chi connectivity index (χ2n) is 3.11. The van der Waals surface area contributed by atoms with E-state index in [4.69, 9.17) is 4.52 Å². The molecule has 1 aromatic heterocycles. The molecule has 0 aliphatic heterocycles. The third-order valence-electron chi connectivity index (χ3n) is 1.91. The van der Waals surface area contributed by atoms with E-state index in [1.807, 2.05) is 0 Å². The predicted octanol–water partition coefficient (Wildman–Crippen LogP) is 2.84. The van der Waals surface area contributed by atoms with Crippen LogP contribution < -0.4 is 0 Å². The number of carbonyl (C=O) groups is 1. The molecule has 0 atom stereocenters. The zero-order valence-corrected chi connectivity index (χ0v) is 9.78. The molecule has 2 rings (SSSR count). The highest BCUT2D eigenvalue weighted by molar-refractivity contribution is 9.10. The summed E-state index contributed by atoms with van der Waals surface area (Å²) < 4.78 is 18.0. The Labute approximate surface area is 98.6 Å². The number of hydrogen-bond donors (Lipinski definition) is 0. The zero-order valence-electron chi connectivity index (χ0n) is 8.20. The van der Waals surface area contributed by atoms with Gasteiger partial charge in [-0.25, -0.2) is 4.39 Å². The van der Waals surface area contributed by atoms with E-state index in [2.05, 4.69) is 26.1 Å². The summed E-state index contributed by atoms with van der Waals surface area (Å²) in [6.07, 6.45) is 0. The summed E-state index contributed by atoms with van der Waals surface area (Å²) >= 11 is 3.05. The molecule has 1 aromatic carbocycles. The number of aromatic nitrogens is 2. The van der Waals surface area contributed by atoms with E-state index in [-0.39, 0.29) is 23.3 Å². The van der Waals surface area contributed by atoms with E-state index in [1.54, 1.807) is 0 Å². The van der Waals surface area contributed by atoms with E-state index >= 15 is 0 Å². The first-order chi connectivity index (χ1) is 7.58. The minimum atomic E-state index is -0.376. The Balaban J connectivity index is 2.42. The van der Waals surface area contributed by atoms with Gasteiger partial charge in [0.15, 0.2) is 0 Å². The van der Waals surface area contributed by atoms with Crippen LogP contribution in [0.3, 0.4) is 0 Å². The van der Waals surface area contributed by atoms with Crippen LogP contribution in [0.4, 0.5) is 4.39 Å². The maximum Gasteiger partial charge on any atom is 0.294 e. The highest BCUT2D eigenvalue weighted by atomic mass is 79.9. The number of rotatable bonds is 2. The topological polar surface area (TPSA) is 56.0 Å². The van der Waals surface area contributed by atoms with Crippen molar-refractivity contribution in [2.75, 3.05) is 0 Å². The summed E-state index contributed by atoms with van der Waals surface area (Å²) in [6.45, 7) is 1.33. The molecule has 0 radical (unpaired) electrons. The number of hydrogen-bond acceptors (Lipinski definition) is 4. The van der Waals surface area contributed by atoms with Gasteiger partial charge in [-0.15, -0.1) is 0 Å². The second-order valence-corrected chi connectivity index (χ2v) is 3.96. The van der Waals surface area contributed by atoms with E-state index in [0.717, 1.165) is 0 Å². The molecule has 0 aliphatic carbocycles. The van der Waals surface area contributed by atoms with Gasteiger partial charge in [0.25, 0.3) is 5.89 Å². The number of Topliss-reactive ketones (excluding diaryl/α,β-unsaturated/α-hetero) is 1. The van der Waals surface area contributed by atoms with Gasteiger partial charge in [0, 0.05) is 12.5 Å². The average molecular weight is 285 g/mol. The Hall–Kier alpha value is -1.56. The van der Waals surface area contributed by atoms with Crippen LogP contribution in [0.1, 0.15) is 17.6 Å². The molecule has 1 heterocycles. The fourth-order valence-corrected chi connectivity index (χ4v) is 1.50. The van der Waals surface area contributed by atoms with E-state index < -0.39 is 0 Å². The predicted molar refractivity (Wildman–Crippen MR) is 57.4 cm³/mol.